The van der Waals surface area contributed by atoms with Crippen LogP contribution >= 0.6 is 35.1 Å². The highest BCUT2D eigenvalue weighted by Gasteiger charge is 2.10. The van der Waals surface area contributed by atoms with Gasteiger partial charge in [0.15, 0.2) is 0 Å². The average molecular weight is 456 g/mol. The lowest BCUT2D eigenvalue weighted by atomic mass is 10.2. The molecule has 9 heteroatoms. The van der Waals surface area contributed by atoms with E-state index in [2.05, 4.69) is 25.4 Å². The molecule has 2 heterocycles. The van der Waals surface area contributed by atoms with Crippen LogP contribution in [0.5, 0.6) is 0 Å². The molecule has 152 valence electrons. The Bertz CT molecular complexity index is 1120. The summed E-state index contributed by atoms with van der Waals surface area (Å²) in [5, 5.41) is 8.89. The third kappa shape index (κ3) is 5.33. The number of rotatable bonds is 8. The maximum Gasteiger partial charge on any atom is 0.237 e. The molecule has 0 fully saturated rings. The van der Waals surface area contributed by atoms with Gasteiger partial charge in [0.1, 0.15) is 17.2 Å². The van der Waals surface area contributed by atoms with Crippen molar-refractivity contribution in [2.24, 2.45) is 0 Å². The summed E-state index contributed by atoms with van der Waals surface area (Å²) in [4.78, 5) is 14.2. The van der Waals surface area contributed by atoms with E-state index in [1.807, 2.05) is 60.9 Å². The van der Waals surface area contributed by atoms with Gasteiger partial charge in [-0.2, -0.15) is 4.98 Å². The molecule has 0 atom stereocenters. The third-order valence-corrected chi connectivity index (χ3v) is 6.24. The van der Waals surface area contributed by atoms with Crippen molar-refractivity contribution in [3.63, 3.8) is 0 Å². The molecule has 0 aliphatic heterocycles. The van der Waals surface area contributed by atoms with Gasteiger partial charge in [0.05, 0.1) is 5.75 Å². The second-order valence-corrected chi connectivity index (χ2v) is 8.50. The van der Waals surface area contributed by atoms with Gasteiger partial charge >= 0.3 is 0 Å². The van der Waals surface area contributed by atoms with E-state index in [0.717, 1.165) is 27.0 Å². The zero-order valence-corrected chi connectivity index (χ0v) is 18.5. The van der Waals surface area contributed by atoms with Crippen molar-refractivity contribution < 1.29 is 4.52 Å². The van der Waals surface area contributed by atoms with E-state index in [4.69, 9.17) is 16.1 Å². The molecule has 30 heavy (non-hydrogen) atoms. The minimum absolute atomic E-state index is 0.525. The van der Waals surface area contributed by atoms with Gasteiger partial charge in [0.25, 0.3) is 0 Å². The summed E-state index contributed by atoms with van der Waals surface area (Å²) in [7, 11) is 0. The van der Waals surface area contributed by atoms with Crippen molar-refractivity contribution in [1.29, 1.82) is 0 Å². The van der Waals surface area contributed by atoms with E-state index < -0.39 is 0 Å². The molecule has 0 bridgehead atoms. The number of nitrogens with one attached hydrogen (secondary N) is 1. The van der Waals surface area contributed by atoms with E-state index in [0.29, 0.717) is 24.0 Å². The largest absolute Gasteiger partial charge is 0.366 e. The van der Waals surface area contributed by atoms with Crippen molar-refractivity contribution in [2.75, 3.05) is 11.6 Å². The molecule has 0 radical (unpaired) electrons. The topological polar surface area (TPSA) is 76.7 Å². The Morgan fingerprint density at radius 1 is 1.07 bits per heavy atom. The number of thioether (sulfide) groups is 2. The summed E-state index contributed by atoms with van der Waals surface area (Å²) in [6.07, 6.45) is 3.58. The van der Waals surface area contributed by atoms with Crippen LogP contribution in [-0.2, 0) is 12.3 Å². The predicted molar refractivity (Wildman–Crippen MR) is 122 cm³/mol. The molecule has 4 aromatic rings. The molecule has 1 N–H and O–H groups in total. The van der Waals surface area contributed by atoms with Crippen molar-refractivity contribution in [2.45, 2.75) is 22.2 Å². The fourth-order valence-electron chi connectivity index (χ4n) is 2.65. The molecule has 0 saturated heterocycles. The molecule has 0 spiro atoms. The van der Waals surface area contributed by atoms with E-state index in [1.165, 1.54) is 23.0 Å². The van der Waals surface area contributed by atoms with Crippen molar-refractivity contribution >= 4 is 40.9 Å². The summed E-state index contributed by atoms with van der Waals surface area (Å²) in [6.45, 7) is 0.586. The van der Waals surface area contributed by atoms with E-state index in [-0.39, 0.29) is 0 Å². The lowest BCUT2D eigenvalue weighted by Gasteiger charge is -2.07. The minimum Gasteiger partial charge on any atom is -0.366 e. The maximum absolute atomic E-state index is 6.20. The summed E-state index contributed by atoms with van der Waals surface area (Å²) in [5.41, 5.74) is 1.94. The maximum atomic E-state index is 6.20. The lowest BCUT2D eigenvalue weighted by Crippen LogP contribution is -2.02. The van der Waals surface area contributed by atoms with Crippen LogP contribution in [-0.4, -0.2) is 26.4 Å². The number of hydrogen-bond donors (Lipinski definition) is 1. The number of aromatic nitrogens is 4. The highest BCUT2D eigenvalue weighted by Crippen LogP contribution is 2.25. The lowest BCUT2D eigenvalue weighted by molar-refractivity contribution is 0.391. The van der Waals surface area contributed by atoms with Crippen LogP contribution in [0.3, 0.4) is 0 Å². The van der Waals surface area contributed by atoms with E-state index >= 15 is 0 Å². The Morgan fingerprint density at radius 2 is 1.90 bits per heavy atom. The Balaban J connectivity index is 1.35. The summed E-state index contributed by atoms with van der Waals surface area (Å²) < 4.78 is 5.39. The fraction of sp³-hybridized carbons (Fsp3) is 0.143. The van der Waals surface area contributed by atoms with Crippen LogP contribution in [0.4, 0.5) is 5.82 Å². The first-order chi connectivity index (χ1) is 14.7. The highest BCUT2D eigenvalue weighted by atomic mass is 35.5. The van der Waals surface area contributed by atoms with Crippen LogP contribution in [0.25, 0.3) is 11.4 Å². The zero-order valence-electron chi connectivity index (χ0n) is 16.1. The quantitative estimate of drug-likeness (QED) is 0.263. The minimum atomic E-state index is 0.525. The van der Waals surface area contributed by atoms with Crippen molar-refractivity contribution in [3.05, 3.63) is 77.4 Å². The molecule has 6 nitrogen and oxygen atoms in total. The Kier molecular flexibility index (Phi) is 6.88. The first kappa shape index (κ1) is 20.7. The monoisotopic (exact) mass is 455 g/mol. The van der Waals surface area contributed by atoms with Crippen LogP contribution in [0.1, 0.15) is 11.5 Å². The molecular weight excluding hydrogens is 438 g/mol. The van der Waals surface area contributed by atoms with E-state index in [1.54, 1.807) is 11.8 Å². The number of halogens is 1. The third-order valence-electron chi connectivity index (χ3n) is 4.22. The number of hydrogen-bond acceptors (Lipinski definition) is 8. The normalized spacial score (nSPS) is 10.9. The van der Waals surface area contributed by atoms with Gasteiger partial charge in [-0.05, 0) is 42.2 Å². The first-order valence-electron chi connectivity index (χ1n) is 9.10. The van der Waals surface area contributed by atoms with Gasteiger partial charge in [-0.1, -0.05) is 46.7 Å². The molecule has 0 aliphatic rings. The SMILES string of the molecule is CSc1ccc(-c2noc(CSc3cc(NCc4ccccc4Cl)ncn3)n2)cc1. The predicted octanol–water partition coefficient (Wildman–Crippen LogP) is 5.81. The first-order valence-corrected chi connectivity index (χ1v) is 11.7. The average Bonchev–Trinajstić information content (AvgIpc) is 3.27. The van der Waals surface area contributed by atoms with Gasteiger partial charge in [-0.3, -0.25) is 0 Å². The van der Waals surface area contributed by atoms with Crippen LogP contribution in [0, 0.1) is 0 Å². The van der Waals surface area contributed by atoms with Crippen LogP contribution in [0.2, 0.25) is 5.02 Å². The Labute approximate surface area is 187 Å². The van der Waals surface area contributed by atoms with Gasteiger partial charge in [0.2, 0.25) is 11.7 Å². The van der Waals surface area contributed by atoms with Gasteiger partial charge in [0, 0.05) is 28.1 Å². The zero-order chi connectivity index (χ0) is 20.8. The van der Waals surface area contributed by atoms with Crippen molar-refractivity contribution in [1.82, 2.24) is 20.1 Å². The fourth-order valence-corrected chi connectivity index (χ4v) is 3.97. The highest BCUT2D eigenvalue weighted by molar-refractivity contribution is 7.98. The Hall–Kier alpha value is -2.55. The van der Waals surface area contributed by atoms with Gasteiger partial charge < -0.3 is 9.84 Å². The standard InChI is InChI=1S/C21H18ClN5OS2/c1-29-16-8-6-14(7-9-16)21-26-19(28-27-21)12-30-20-10-18(24-13-25-20)23-11-15-4-2-3-5-17(15)22/h2-10,13H,11-12H2,1H3,(H,23,24,25). The van der Waals surface area contributed by atoms with Crippen LogP contribution < -0.4 is 5.32 Å². The van der Waals surface area contributed by atoms with Gasteiger partial charge in [-0.15, -0.1) is 11.8 Å². The molecule has 2 aromatic carbocycles. The second kappa shape index (κ2) is 9.97. The van der Waals surface area contributed by atoms with E-state index in [9.17, 15) is 0 Å². The number of benzene rings is 2. The summed E-state index contributed by atoms with van der Waals surface area (Å²) in [6, 6.07) is 17.7. The molecular formula is C21H18ClN5OS2. The molecule has 0 aliphatic carbocycles. The Morgan fingerprint density at radius 3 is 2.70 bits per heavy atom. The molecule has 4 rings (SSSR count). The second-order valence-electron chi connectivity index (χ2n) is 6.22. The number of anilines is 1. The summed E-state index contributed by atoms with van der Waals surface area (Å²) >= 11 is 9.41. The molecule has 0 saturated carbocycles. The number of nitrogens with zero attached hydrogens (tertiary/aromatic N) is 4. The molecule has 0 amide bonds. The molecule has 0 unspecified atom stereocenters. The van der Waals surface area contributed by atoms with Crippen molar-refractivity contribution in [3.8, 4) is 11.4 Å². The smallest absolute Gasteiger partial charge is 0.237 e. The summed E-state index contributed by atoms with van der Waals surface area (Å²) in [5.74, 6) is 2.39. The van der Waals surface area contributed by atoms with Crippen LogP contribution in [0.15, 0.2) is 75.4 Å². The molecule has 2 aromatic heterocycles. The van der Waals surface area contributed by atoms with Gasteiger partial charge in [-0.25, -0.2) is 9.97 Å².